The van der Waals surface area contributed by atoms with Crippen LogP contribution in [0.15, 0.2) is 0 Å². The van der Waals surface area contributed by atoms with Crippen molar-refractivity contribution in [3.63, 3.8) is 0 Å². The molecule has 1 fully saturated rings. The lowest BCUT2D eigenvalue weighted by molar-refractivity contribution is 0.0751. The van der Waals surface area contributed by atoms with Gasteiger partial charge in [0.2, 0.25) is 0 Å². The smallest absolute Gasteiger partial charge is 0.0695 e. The Morgan fingerprint density at radius 1 is 1.46 bits per heavy atom. The van der Waals surface area contributed by atoms with Crippen molar-refractivity contribution in [2.75, 3.05) is 13.6 Å². The molecule has 0 aromatic carbocycles. The van der Waals surface area contributed by atoms with E-state index in [-0.39, 0.29) is 12.2 Å². The Hall–Kier alpha value is -0.120. The first-order valence-corrected chi connectivity index (χ1v) is 5.17. The number of likely N-dealkylation sites (N-methyl/N-ethyl adjacent to an activating group) is 1. The van der Waals surface area contributed by atoms with Crippen LogP contribution < -0.4 is 0 Å². The monoisotopic (exact) mass is 187 g/mol. The molecule has 0 aromatic heterocycles. The zero-order chi connectivity index (χ0) is 9.84. The van der Waals surface area contributed by atoms with Crippen molar-refractivity contribution < 1.29 is 10.2 Å². The molecule has 1 aliphatic carbocycles. The number of hydrogen-bond acceptors (Lipinski definition) is 3. The number of nitrogens with zero attached hydrogens (tertiary/aromatic N) is 1. The molecule has 2 N–H and O–H groups in total. The van der Waals surface area contributed by atoms with Gasteiger partial charge in [0.05, 0.1) is 12.2 Å². The normalized spacial score (nSPS) is 31.2. The molecule has 3 nitrogen and oxygen atoms in total. The van der Waals surface area contributed by atoms with E-state index in [2.05, 4.69) is 4.90 Å². The fourth-order valence-electron chi connectivity index (χ4n) is 1.99. The molecule has 0 bridgehead atoms. The lowest BCUT2D eigenvalue weighted by Gasteiger charge is -2.27. The first-order chi connectivity index (χ1) is 6.11. The summed E-state index contributed by atoms with van der Waals surface area (Å²) in [5.41, 5.74) is 0. The van der Waals surface area contributed by atoms with Crippen molar-refractivity contribution >= 4 is 0 Å². The maximum absolute atomic E-state index is 9.62. The highest BCUT2D eigenvalue weighted by Gasteiger charge is 2.28. The van der Waals surface area contributed by atoms with Gasteiger partial charge >= 0.3 is 0 Å². The van der Waals surface area contributed by atoms with E-state index in [1.165, 1.54) is 0 Å². The standard InChI is InChI=1S/C10H21NO2/c1-8(12)6-7-11(2)9-4-3-5-10(9)13/h8-10,12-13H,3-7H2,1-2H3. The molecule has 0 saturated heterocycles. The Kier molecular flexibility index (Phi) is 4.16. The maximum atomic E-state index is 9.62. The summed E-state index contributed by atoms with van der Waals surface area (Å²) in [5, 5.41) is 18.7. The van der Waals surface area contributed by atoms with Crippen molar-refractivity contribution in [2.45, 2.75) is 50.9 Å². The van der Waals surface area contributed by atoms with Gasteiger partial charge in [-0.25, -0.2) is 0 Å². The molecule has 1 rings (SSSR count). The fourth-order valence-corrected chi connectivity index (χ4v) is 1.99. The summed E-state index contributed by atoms with van der Waals surface area (Å²) in [6.07, 6.45) is 3.56. The molecule has 0 heterocycles. The minimum Gasteiger partial charge on any atom is -0.393 e. The molecule has 1 aliphatic rings. The number of rotatable bonds is 4. The van der Waals surface area contributed by atoms with Crippen LogP contribution in [-0.2, 0) is 0 Å². The second-order valence-corrected chi connectivity index (χ2v) is 4.18. The molecule has 0 radical (unpaired) electrons. The summed E-state index contributed by atoms with van der Waals surface area (Å²) in [4.78, 5) is 2.17. The van der Waals surface area contributed by atoms with Crippen LogP contribution in [0.4, 0.5) is 0 Å². The quantitative estimate of drug-likeness (QED) is 0.677. The summed E-state index contributed by atoms with van der Waals surface area (Å²) < 4.78 is 0. The van der Waals surface area contributed by atoms with Crippen LogP contribution in [0.2, 0.25) is 0 Å². The van der Waals surface area contributed by atoms with Crippen molar-refractivity contribution in [1.29, 1.82) is 0 Å². The number of aliphatic hydroxyl groups excluding tert-OH is 2. The lowest BCUT2D eigenvalue weighted by Crippen LogP contribution is -2.38. The Morgan fingerprint density at radius 3 is 2.62 bits per heavy atom. The Bertz CT molecular complexity index is 150. The highest BCUT2D eigenvalue weighted by atomic mass is 16.3. The molecule has 1 saturated carbocycles. The van der Waals surface area contributed by atoms with Crippen LogP contribution in [0.1, 0.15) is 32.6 Å². The zero-order valence-corrected chi connectivity index (χ0v) is 8.61. The highest BCUT2D eigenvalue weighted by molar-refractivity contribution is 4.83. The van der Waals surface area contributed by atoms with Crippen molar-refractivity contribution in [2.24, 2.45) is 0 Å². The average molecular weight is 187 g/mol. The Labute approximate surface area is 80.4 Å². The minimum absolute atomic E-state index is 0.154. The van der Waals surface area contributed by atoms with Gasteiger partial charge in [-0.2, -0.15) is 0 Å². The summed E-state index contributed by atoms with van der Waals surface area (Å²) in [5.74, 6) is 0. The van der Waals surface area contributed by atoms with E-state index in [4.69, 9.17) is 5.11 Å². The van der Waals surface area contributed by atoms with Crippen molar-refractivity contribution in [1.82, 2.24) is 4.90 Å². The number of aliphatic hydroxyl groups is 2. The van der Waals surface area contributed by atoms with Gasteiger partial charge in [0.15, 0.2) is 0 Å². The van der Waals surface area contributed by atoms with Crippen LogP contribution in [0.5, 0.6) is 0 Å². The van der Waals surface area contributed by atoms with Gasteiger partial charge in [-0.1, -0.05) is 0 Å². The zero-order valence-electron chi connectivity index (χ0n) is 8.61. The predicted octanol–water partition coefficient (Wildman–Crippen LogP) is 0.602. The van der Waals surface area contributed by atoms with Crippen LogP contribution in [-0.4, -0.2) is 47.0 Å². The third-order valence-electron chi connectivity index (χ3n) is 2.91. The molecule has 78 valence electrons. The van der Waals surface area contributed by atoms with E-state index in [1.807, 2.05) is 7.05 Å². The van der Waals surface area contributed by atoms with Crippen molar-refractivity contribution in [3.8, 4) is 0 Å². The lowest BCUT2D eigenvalue weighted by atomic mass is 10.1. The first kappa shape index (κ1) is 11.0. The predicted molar refractivity (Wildman–Crippen MR) is 52.6 cm³/mol. The second kappa shape index (κ2) is 4.94. The molecule has 13 heavy (non-hydrogen) atoms. The first-order valence-electron chi connectivity index (χ1n) is 5.17. The second-order valence-electron chi connectivity index (χ2n) is 4.18. The SMILES string of the molecule is CC(O)CCN(C)C1CCCC1O. The van der Waals surface area contributed by atoms with Crippen LogP contribution >= 0.6 is 0 Å². The highest BCUT2D eigenvalue weighted by Crippen LogP contribution is 2.23. The summed E-state index contributed by atoms with van der Waals surface area (Å²) in [7, 11) is 2.03. The minimum atomic E-state index is -0.235. The third kappa shape index (κ3) is 3.25. The van der Waals surface area contributed by atoms with Gasteiger partial charge in [-0.3, -0.25) is 0 Å². The van der Waals surface area contributed by atoms with Gasteiger partial charge < -0.3 is 15.1 Å². The largest absolute Gasteiger partial charge is 0.393 e. The van der Waals surface area contributed by atoms with Crippen LogP contribution in [0.25, 0.3) is 0 Å². The van der Waals surface area contributed by atoms with Crippen molar-refractivity contribution in [3.05, 3.63) is 0 Å². The van der Waals surface area contributed by atoms with E-state index in [1.54, 1.807) is 6.92 Å². The molecule has 0 aliphatic heterocycles. The molecule has 0 amide bonds. The van der Waals surface area contributed by atoms with Gasteiger partial charge in [-0.05, 0) is 39.7 Å². The molecule has 3 unspecified atom stereocenters. The summed E-state index contributed by atoms with van der Waals surface area (Å²) in [6.45, 7) is 2.68. The Balaban J connectivity index is 2.25. The van der Waals surface area contributed by atoms with E-state index in [9.17, 15) is 5.11 Å². The fraction of sp³-hybridized carbons (Fsp3) is 1.00. The van der Waals surface area contributed by atoms with Gasteiger partial charge in [-0.15, -0.1) is 0 Å². The van der Waals surface area contributed by atoms with E-state index < -0.39 is 0 Å². The summed E-state index contributed by atoms with van der Waals surface area (Å²) >= 11 is 0. The van der Waals surface area contributed by atoms with Crippen LogP contribution in [0, 0.1) is 0 Å². The topological polar surface area (TPSA) is 43.7 Å². The molecule has 3 heteroatoms. The molecular formula is C10H21NO2. The van der Waals surface area contributed by atoms with E-state index in [0.717, 1.165) is 32.2 Å². The third-order valence-corrected chi connectivity index (χ3v) is 2.91. The Morgan fingerprint density at radius 2 is 2.15 bits per heavy atom. The maximum Gasteiger partial charge on any atom is 0.0695 e. The van der Waals surface area contributed by atoms with Crippen LogP contribution in [0.3, 0.4) is 0 Å². The number of hydrogen-bond donors (Lipinski definition) is 2. The van der Waals surface area contributed by atoms with Gasteiger partial charge in [0, 0.05) is 12.6 Å². The molecule has 0 aromatic rings. The summed E-state index contributed by atoms with van der Waals surface area (Å²) in [6, 6.07) is 0.318. The van der Waals surface area contributed by atoms with Gasteiger partial charge in [0.25, 0.3) is 0 Å². The van der Waals surface area contributed by atoms with E-state index >= 15 is 0 Å². The molecule has 3 atom stereocenters. The van der Waals surface area contributed by atoms with Gasteiger partial charge in [0.1, 0.15) is 0 Å². The molecular weight excluding hydrogens is 166 g/mol. The van der Waals surface area contributed by atoms with E-state index in [0.29, 0.717) is 6.04 Å². The average Bonchev–Trinajstić information content (AvgIpc) is 2.47. The molecule has 0 spiro atoms.